The fraction of sp³-hybridized carbons (Fsp3) is 0.900. The fourth-order valence-corrected chi connectivity index (χ4v) is 4.77. The zero-order chi connectivity index (χ0) is 12.9. The molecule has 0 saturated carbocycles. The molecule has 1 fully saturated rings. The van der Waals surface area contributed by atoms with Gasteiger partial charge in [-0.1, -0.05) is 0 Å². The second kappa shape index (κ2) is 6.90. The summed E-state index contributed by atoms with van der Waals surface area (Å²) < 4.78 is 22.4. The van der Waals surface area contributed by atoms with E-state index in [4.69, 9.17) is 9.05 Å². The van der Waals surface area contributed by atoms with Crippen LogP contribution in [0.2, 0.25) is 0 Å². The van der Waals surface area contributed by atoms with Crippen molar-refractivity contribution in [2.45, 2.75) is 26.1 Å². The molecule has 0 spiro atoms. The maximum Gasteiger partial charge on any atom is 0.359 e. The zero-order valence-electron chi connectivity index (χ0n) is 10.1. The van der Waals surface area contributed by atoms with E-state index in [0.29, 0.717) is 12.2 Å². The second-order valence-corrected chi connectivity index (χ2v) is 6.96. The lowest BCUT2D eigenvalue weighted by Gasteiger charge is -2.29. The molecule has 0 radical (unpaired) electrons. The minimum atomic E-state index is -3.59. The van der Waals surface area contributed by atoms with E-state index in [0.717, 1.165) is 5.75 Å². The summed E-state index contributed by atoms with van der Waals surface area (Å²) in [5.41, 5.74) is 0. The minimum Gasteiger partial charge on any atom is -0.380 e. The number of rotatable bonds is 6. The molecule has 0 bridgehead atoms. The van der Waals surface area contributed by atoms with Crippen LogP contribution in [0.5, 0.6) is 0 Å². The van der Waals surface area contributed by atoms with Gasteiger partial charge in [0.15, 0.2) is 5.85 Å². The Labute approximate surface area is 106 Å². The molecule has 2 atom stereocenters. The molecule has 0 aliphatic carbocycles. The standard InChI is InChI=1S/C10H19O5PS/c1-3-14-16(13,15-4-2)10(12)8-7-17-6-5-9(8)11/h8,10,12H,3-7H2,1-2H3/t8-,10+/m1/s1. The SMILES string of the molecule is CCOP(=O)(OCC)[C@H](O)[C@@H]1CSCCC1=O. The van der Waals surface area contributed by atoms with E-state index in [1.54, 1.807) is 25.6 Å². The molecule has 1 rings (SSSR count). The Kier molecular flexibility index (Phi) is 6.17. The Bertz CT molecular complexity index is 299. The average molecular weight is 282 g/mol. The summed E-state index contributed by atoms with van der Waals surface area (Å²) in [6.07, 6.45) is 0.407. The highest BCUT2D eigenvalue weighted by molar-refractivity contribution is 7.99. The van der Waals surface area contributed by atoms with Gasteiger partial charge >= 0.3 is 7.60 Å². The van der Waals surface area contributed by atoms with Gasteiger partial charge in [0.05, 0.1) is 19.1 Å². The number of hydrogen-bond donors (Lipinski definition) is 1. The molecule has 0 unspecified atom stereocenters. The van der Waals surface area contributed by atoms with Gasteiger partial charge in [-0.05, 0) is 13.8 Å². The smallest absolute Gasteiger partial charge is 0.359 e. The van der Waals surface area contributed by atoms with Crippen LogP contribution in [0.1, 0.15) is 20.3 Å². The van der Waals surface area contributed by atoms with Crippen molar-refractivity contribution in [3.05, 3.63) is 0 Å². The number of hydrogen-bond acceptors (Lipinski definition) is 6. The van der Waals surface area contributed by atoms with Gasteiger partial charge in [-0.2, -0.15) is 11.8 Å². The number of Topliss-reactive ketones (excluding diaryl/α,β-unsaturated/α-hetero) is 1. The third-order valence-corrected chi connectivity index (χ3v) is 5.84. The quantitative estimate of drug-likeness (QED) is 0.750. The molecule has 0 aromatic rings. The average Bonchev–Trinajstić information content (AvgIpc) is 2.29. The van der Waals surface area contributed by atoms with Crippen LogP contribution in [0, 0.1) is 5.92 Å². The lowest BCUT2D eigenvalue weighted by Crippen LogP contribution is -2.34. The Balaban J connectivity index is 2.79. The van der Waals surface area contributed by atoms with Crippen molar-refractivity contribution in [1.29, 1.82) is 0 Å². The van der Waals surface area contributed by atoms with Crippen LogP contribution in [-0.4, -0.2) is 41.5 Å². The van der Waals surface area contributed by atoms with Crippen LogP contribution >= 0.6 is 19.4 Å². The van der Waals surface area contributed by atoms with Crippen LogP contribution in [-0.2, 0) is 18.4 Å². The maximum atomic E-state index is 12.3. The van der Waals surface area contributed by atoms with E-state index in [-0.39, 0.29) is 19.0 Å². The van der Waals surface area contributed by atoms with E-state index in [1.165, 1.54) is 0 Å². The fourth-order valence-electron chi connectivity index (χ4n) is 1.68. The third kappa shape index (κ3) is 3.80. The Morgan fingerprint density at radius 1 is 1.47 bits per heavy atom. The lowest BCUT2D eigenvalue weighted by atomic mass is 10.1. The van der Waals surface area contributed by atoms with Crippen molar-refractivity contribution in [2.75, 3.05) is 24.7 Å². The molecule has 1 aliphatic rings. The molecule has 5 nitrogen and oxygen atoms in total. The monoisotopic (exact) mass is 282 g/mol. The van der Waals surface area contributed by atoms with E-state index in [9.17, 15) is 14.5 Å². The highest BCUT2D eigenvalue weighted by Crippen LogP contribution is 2.55. The highest BCUT2D eigenvalue weighted by Gasteiger charge is 2.43. The highest BCUT2D eigenvalue weighted by atomic mass is 32.2. The number of ketones is 1. The van der Waals surface area contributed by atoms with Gasteiger partial charge in [0.2, 0.25) is 0 Å². The molecule has 1 saturated heterocycles. The minimum absolute atomic E-state index is 0.0594. The summed E-state index contributed by atoms with van der Waals surface area (Å²) in [4.78, 5) is 11.7. The van der Waals surface area contributed by atoms with Gasteiger partial charge in [-0.25, -0.2) is 0 Å². The van der Waals surface area contributed by atoms with E-state index < -0.39 is 19.4 Å². The van der Waals surface area contributed by atoms with Crippen molar-refractivity contribution in [2.24, 2.45) is 5.92 Å². The second-order valence-electron chi connectivity index (χ2n) is 3.69. The summed E-state index contributed by atoms with van der Waals surface area (Å²) in [5, 5.41) is 10.1. The van der Waals surface area contributed by atoms with Gasteiger partial charge in [-0.3, -0.25) is 9.36 Å². The van der Waals surface area contributed by atoms with Gasteiger partial charge in [-0.15, -0.1) is 0 Å². The number of aliphatic hydroxyl groups excluding tert-OH is 1. The van der Waals surface area contributed by atoms with Crippen LogP contribution in [0.15, 0.2) is 0 Å². The van der Waals surface area contributed by atoms with Crippen molar-refractivity contribution in [3.8, 4) is 0 Å². The van der Waals surface area contributed by atoms with Gasteiger partial charge in [0, 0.05) is 17.9 Å². The summed E-state index contributed by atoms with van der Waals surface area (Å²) in [6, 6.07) is 0. The van der Waals surface area contributed by atoms with Crippen molar-refractivity contribution in [1.82, 2.24) is 0 Å². The summed E-state index contributed by atoms with van der Waals surface area (Å²) >= 11 is 1.57. The molecule has 0 aromatic carbocycles. The third-order valence-electron chi connectivity index (χ3n) is 2.51. The molecular weight excluding hydrogens is 263 g/mol. The van der Waals surface area contributed by atoms with Crippen LogP contribution < -0.4 is 0 Å². The van der Waals surface area contributed by atoms with Crippen molar-refractivity contribution >= 4 is 25.1 Å². The molecule has 100 valence electrons. The van der Waals surface area contributed by atoms with E-state index >= 15 is 0 Å². The number of carbonyl (C=O) groups excluding carboxylic acids is 1. The van der Waals surface area contributed by atoms with Crippen LogP contribution in [0.4, 0.5) is 0 Å². The van der Waals surface area contributed by atoms with Crippen LogP contribution in [0.25, 0.3) is 0 Å². The topological polar surface area (TPSA) is 72.8 Å². The van der Waals surface area contributed by atoms with E-state index in [1.807, 2.05) is 0 Å². The van der Waals surface area contributed by atoms with Gasteiger partial charge < -0.3 is 14.2 Å². The van der Waals surface area contributed by atoms with Crippen LogP contribution in [0.3, 0.4) is 0 Å². The molecular formula is C10H19O5PS. The summed E-state index contributed by atoms with van der Waals surface area (Å²) in [7, 11) is -3.59. The first-order valence-corrected chi connectivity index (χ1v) is 8.49. The zero-order valence-corrected chi connectivity index (χ0v) is 11.8. The number of carbonyl (C=O) groups is 1. The summed E-state index contributed by atoms with van der Waals surface area (Å²) in [6.45, 7) is 3.72. The molecule has 7 heteroatoms. The first-order valence-electron chi connectivity index (χ1n) is 5.72. The Morgan fingerprint density at radius 2 is 2.06 bits per heavy atom. The van der Waals surface area contributed by atoms with E-state index in [2.05, 4.69) is 0 Å². The largest absolute Gasteiger partial charge is 0.380 e. The first-order chi connectivity index (χ1) is 8.05. The van der Waals surface area contributed by atoms with Gasteiger partial charge in [0.1, 0.15) is 5.78 Å². The number of thioether (sulfide) groups is 1. The summed E-state index contributed by atoms with van der Waals surface area (Å²) in [5.74, 6) is -0.809. The molecule has 0 aromatic heterocycles. The molecule has 0 amide bonds. The normalized spacial score (nSPS) is 23.7. The van der Waals surface area contributed by atoms with Crippen molar-refractivity contribution in [3.63, 3.8) is 0 Å². The Morgan fingerprint density at radius 3 is 2.53 bits per heavy atom. The molecule has 1 heterocycles. The lowest BCUT2D eigenvalue weighted by molar-refractivity contribution is -0.124. The molecule has 1 aliphatic heterocycles. The molecule has 17 heavy (non-hydrogen) atoms. The predicted molar refractivity (Wildman–Crippen MR) is 67.3 cm³/mol. The maximum absolute atomic E-state index is 12.3. The first kappa shape index (κ1) is 15.2. The van der Waals surface area contributed by atoms with Gasteiger partial charge in [0.25, 0.3) is 0 Å². The molecule has 1 N–H and O–H groups in total. The van der Waals surface area contributed by atoms with Crippen molar-refractivity contribution < 1.29 is 23.5 Å². The number of aliphatic hydroxyl groups is 1. The Hall–Kier alpha value is 0.130. The predicted octanol–water partition coefficient (Wildman–Crippen LogP) is 1.89.